The lowest BCUT2D eigenvalue weighted by Gasteiger charge is -2.22. The summed E-state index contributed by atoms with van der Waals surface area (Å²) >= 11 is 0. The summed E-state index contributed by atoms with van der Waals surface area (Å²) in [7, 11) is 0. The van der Waals surface area contributed by atoms with E-state index in [1.54, 1.807) is 6.07 Å². The Morgan fingerprint density at radius 2 is 1.64 bits per heavy atom. The molecule has 3 aromatic carbocycles. The number of carboxylic acid groups (broad SMARTS) is 1. The predicted octanol–water partition coefficient (Wildman–Crippen LogP) is 7.09. The number of rotatable bonds is 8. The molecule has 0 radical (unpaired) electrons. The van der Waals surface area contributed by atoms with Crippen molar-refractivity contribution in [2.45, 2.75) is 32.1 Å². The molecule has 0 saturated carbocycles. The average Bonchev–Trinajstić information content (AvgIpc) is 3.35. The molecule has 1 aromatic heterocycles. The number of carbonyl (C=O) groups is 2. The Bertz CT molecular complexity index is 1350. The lowest BCUT2D eigenvalue weighted by atomic mass is 9.83. The van der Waals surface area contributed by atoms with Crippen molar-refractivity contribution in [2.24, 2.45) is 5.92 Å². The molecular formula is C31H27NO4. The van der Waals surface area contributed by atoms with Crippen LogP contribution in [0.25, 0.3) is 28.2 Å². The Kier molecular flexibility index (Phi) is 6.89. The SMILES string of the molecule is O=C(O)CC(=O)c1cccc(CC2CCCC=C2c2nc(-c3ccccc3)c(-c3ccccc3)o2)c1. The van der Waals surface area contributed by atoms with Crippen LogP contribution in [0.5, 0.6) is 0 Å². The molecule has 0 bridgehead atoms. The molecule has 1 heterocycles. The summed E-state index contributed by atoms with van der Waals surface area (Å²) in [6.07, 6.45) is 5.48. The number of ketones is 1. The van der Waals surface area contributed by atoms with Crippen molar-refractivity contribution >= 4 is 17.3 Å². The third-order valence-electron chi connectivity index (χ3n) is 6.56. The topological polar surface area (TPSA) is 80.4 Å². The first-order valence-electron chi connectivity index (χ1n) is 12.2. The number of benzene rings is 3. The van der Waals surface area contributed by atoms with Gasteiger partial charge in [-0.1, -0.05) is 84.9 Å². The summed E-state index contributed by atoms with van der Waals surface area (Å²) < 4.78 is 6.47. The zero-order valence-corrected chi connectivity index (χ0v) is 19.9. The largest absolute Gasteiger partial charge is 0.481 e. The molecule has 0 fully saturated rings. The lowest BCUT2D eigenvalue weighted by Crippen LogP contribution is -2.12. The Hall–Kier alpha value is -4.25. The van der Waals surface area contributed by atoms with Crippen molar-refractivity contribution in [1.29, 1.82) is 0 Å². The smallest absolute Gasteiger partial charge is 0.311 e. The van der Waals surface area contributed by atoms with Gasteiger partial charge in [0.2, 0.25) is 5.89 Å². The van der Waals surface area contributed by atoms with Gasteiger partial charge in [0.1, 0.15) is 12.1 Å². The number of aromatic nitrogens is 1. The van der Waals surface area contributed by atoms with Gasteiger partial charge in [-0.15, -0.1) is 0 Å². The van der Waals surface area contributed by atoms with Gasteiger partial charge in [-0.3, -0.25) is 9.59 Å². The van der Waals surface area contributed by atoms with Gasteiger partial charge in [0.05, 0.1) is 0 Å². The van der Waals surface area contributed by atoms with Crippen molar-refractivity contribution in [3.63, 3.8) is 0 Å². The molecule has 1 atom stereocenters. The summed E-state index contributed by atoms with van der Waals surface area (Å²) in [5.41, 5.74) is 5.33. The molecule has 1 N–H and O–H groups in total. The summed E-state index contributed by atoms with van der Waals surface area (Å²) in [6, 6.07) is 27.4. The number of aliphatic carboxylic acids is 1. The van der Waals surface area contributed by atoms with Crippen LogP contribution in [0.15, 0.2) is 95.4 Å². The highest BCUT2D eigenvalue weighted by atomic mass is 16.4. The Balaban J connectivity index is 1.48. The molecule has 4 aromatic rings. The predicted molar refractivity (Wildman–Crippen MR) is 139 cm³/mol. The van der Waals surface area contributed by atoms with E-state index in [1.807, 2.05) is 78.9 Å². The second-order valence-electron chi connectivity index (χ2n) is 9.11. The van der Waals surface area contributed by atoms with Gasteiger partial charge in [-0.05, 0) is 43.2 Å². The number of allylic oxidation sites excluding steroid dienone is 2. The number of carbonyl (C=O) groups excluding carboxylic acids is 1. The van der Waals surface area contributed by atoms with Crippen LogP contribution in [-0.4, -0.2) is 21.8 Å². The van der Waals surface area contributed by atoms with E-state index in [2.05, 4.69) is 6.08 Å². The minimum absolute atomic E-state index is 0.189. The first kappa shape index (κ1) is 23.5. The molecule has 1 aliphatic rings. The Morgan fingerprint density at radius 3 is 2.36 bits per heavy atom. The highest BCUT2D eigenvalue weighted by Crippen LogP contribution is 2.40. The van der Waals surface area contributed by atoms with Crippen LogP contribution in [0.3, 0.4) is 0 Å². The monoisotopic (exact) mass is 477 g/mol. The molecule has 5 rings (SSSR count). The zero-order chi connectivity index (χ0) is 24.9. The van der Waals surface area contributed by atoms with Crippen LogP contribution in [-0.2, 0) is 11.2 Å². The quantitative estimate of drug-likeness (QED) is 0.216. The Morgan fingerprint density at radius 1 is 0.917 bits per heavy atom. The summed E-state index contributed by atoms with van der Waals surface area (Å²) in [4.78, 5) is 28.2. The third-order valence-corrected chi connectivity index (χ3v) is 6.56. The Labute approximate surface area is 210 Å². The first-order valence-corrected chi connectivity index (χ1v) is 12.2. The summed E-state index contributed by atoms with van der Waals surface area (Å²) in [5, 5.41) is 8.98. The standard InChI is InChI=1S/C31H27NO4/c33-27(20-28(34)35)25-16-9-10-21(19-25)18-24-15-7-8-17-26(24)31-32-29(22-11-3-1-4-12-22)30(36-31)23-13-5-2-6-14-23/h1-6,9-14,16-17,19,24H,7-8,15,18,20H2,(H,34,35). The molecule has 0 spiro atoms. The first-order chi connectivity index (χ1) is 17.6. The van der Waals surface area contributed by atoms with Gasteiger partial charge < -0.3 is 9.52 Å². The van der Waals surface area contributed by atoms with Crippen molar-refractivity contribution in [2.75, 3.05) is 0 Å². The normalized spacial score (nSPS) is 15.3. The highest BCUT2D eigenvalue weighted by Gasteiger charge is 2.26. The number of hydrogen-bond donors (Lipinski definition) is 1. The fraction of sp³-hybridized carbons (Fsp3) is 0.194. The highest BCUT2D eigenvalue weighted by molar-refractivity contribution is 6.05. The van der Waals surface area contributed by atoms with E-state index in [9.17, 15) is 9.59 Å². The van der Waals surface area contributed by atoms with Gasteiger partial charge >= 0.3 is 5.97 Å². The van der Waals surface area contributed by atoms with Crippen molar-refractivity contribution in [1.82, 2.24) is 4.98 Å². The second kappa shape index (κ2) is 10.6. The fourth-order valence-electron chi connectivity index (χ4n) is 4.83. The van der Waals surface area contributed by atoms with Crippen molar-refractivity contribution in [3.8, 4) is 22.6 Å². The van der Waals surface area contributed by atoms with Crippen molar-refractivity contribution < 1.29 is 19.1 Å². The number of carboxylic acids is 1. The van der Waals surface area contributed by atoms with E-state index in [1.165, 1.54) is 0 Å². The van der Waals surface area contributed by atoms with E-state index in [0.717, 1.165) is 59.4 Å². The summed E-state index contributed by atoms with van der Waals surface area (Å²) in [5.74, 6) is 0.0833. The minimum Gasteiger partial charge on any atom is -0.481 e. The average molecular weight is 478 g/mol. The van der Waals surface area contributed by atoms with Gasteiger partial charge in [0.25, 0.3) is 0 Å². The van der Waals surface area contributed by atoms with E-state index in [4.69, 9.17) is 14.5 Å². The molecule has 5 heteroatoms. The van der Waals surface area contributed by atoms with Crippen molar-refractivity contribution in [3.05, 3.63) is 108 Å². The molecule has 1 aliphatic carbocycles. The molecule has 0 aliphatic heterocycles. The van der Waals surface area contributed by atoms with Crippen LogP contribution in [0, 0.1) is 5.92 Å². The van der Waals surface area contributed by atoms with Crippen LogP contribution in [0.1, 0.15) is 47.5 Å². The van der Waals surface area contributed by atoms with Gasteiger partial charge in [0.15, 0.2) is 11.5 Å². The van der Waals surface area contributed by atoms with Gasteiger partial charge in [0, 0.05) is 22.3 Å². The van der Waals surface area contributed by atoms with Crippen LogP contribution in [0.2, 0.25) is 0 Å². The van der Waals surface area contributed by atoms with E-state index in [-0.39, 0.29) is 11.7 Å². The van der Waals surface area contributed by atoms with Gasteiger partial charge in [-0.2, -0.15) is 0 Å². The number of nitrogens with zero attached hydrogens (tertiary/aromatic N) is 1. The van der Waals surface area contributed by atoms with E-state index >= 15 is 0 Å². The molecule has 0 amide bonds. The molecule has 0 saturated heterocycles. The van der Waals surface area contributed by atoms with Gasteiger partial charge in [-0.25, -0.2) is 4.98 Å². The molecule has 36 heavy (non-hydrogen) atoms. The maximum absolute atomic E-state index is 12.3. The zero-order valence-electron chi connectivity index (χ0n) is 19.9. The van der Waals surface area contributed by atoms with E-state index < -0.39 is 12.4 Å². The van der Waals surface area contributed by atoms with Crippen LogP contribution < -0.4 is 0 Å². The maximum Gasteiger partial charge on any atom is 0.311 e. The maximum atomic E-state index is 12.3. The number of hydrogen-bond acceptors (Lipinski definition) is 4. The molecule has 1 unspecified atom stereocenters. The van der Waals surface area contributed by atoms with Crippen LogP contribution >= 0.6 is 0 Å². The minimum atomic E-state index is -1.12. The van der Waals surface area contributed by atoms with E-state index in [0.29, 0.717) is 11.5 Å². The molecule has 180 valence electrons. The number of oxazole rings is 1. The molecular weight excluding hydrogens is 450 g/mol. The fourth-order valence-corrected chi connectivity index (χ4v) is 4.83. The lowest BCUT2D eigenvalue weighted by molar-refractivity contribution is -0.135. The number of Topliss-reactive ketones (excluding diaryl/α,β-unsaturated/α-hetero) is 1. The third kappa shape index (κ3) is 5.20. The summed E-state index contributed by atoms with van der Waals surface area (Å²) in [6.45, 7) is 0. The van der Waals surface area contributed by atoms with Crippen LogP contribution in [0.4, 0.5) is 0 Å². The molecule has 5 nitrogen and oxygen atoms in total. The second-order valence-corrected chi connectivity index (χ2v) is 9.11.